The molecular formula is C35H30N4O. The van der Waals surface area contributed by atoms with E-state index >= 15 is 0 Å². The Hall–Kier alpha value is -5.03. The van der Waals surface area contributed by atoms with Gasteiger partial charge in [0.05, 0.1) is 17.7 Å². The Morgan fingerprint density at radius 1 is 0.650 bits per heavy atom. The van der Waals surface area contributed by atoms with Gasteiger partial charge < -0.3 is 14.5 Å². The molecule has 5 heteroatoms. The lowest BCUT2D eigenvalue weighted by molar-refractivity contribution is 0.483. The van der Waals surface area contributed by atoms with Crippen LogP contribution in [-0.4, -0.2) is 16.2 Å². The van der Waals surface area contributed by atoms with E-state index in [0.717, 1.165) is 40.7 Å². The minimum Gasteiger partial charge on any atom is -0.457 e. The lowest BCUT2D eigenvalue weighted by Crippen LogP contribution is -2.25. The molecule has 7 rings (SSSR count). The molecule has 5 nitrogen and oxygen atoms in total. The third-order valence-electron chi connectivity index (χ3n) is 7.56. The van der Waals surface area contributed by atoms with Crippen LogP contribution in [0.5, 0.6) is 11.5 Å². The van der Waals surface area contributed by atoms with Crippen molar-refractivity contribution in [2.24, 2.45) is 0 Å². The molecule has 196 valence electrons. The van der Waals surface area contributed by atoms with Crippen LogP contribution >= 0.6 is 0 Å². The molecular weight excluding hydrogens is 492 g/mol. The average Bonchev–Trinajstić information content (AvgIpc) is 3.56. The monoisotopic (exact) mass is 522 g/mol. The highest BCUT2D eigenvalue weighted by atomic mass is 16.5. The van der Waals surface area contributed by atoms with E-state index < -0.39 is 0 Å². The van der Waals surface area contributed by atoms with Crippen LogP contribution in [0.3, 0.4) is 0 Å². The molecule has 0 saturated carbocycles. The van der Waals surface area contributed by atoms with Crippen LogP contribution < -0.4 is 14.5 Å². The molecule has 0 radical (unpaired) electrons. The van der Waals surface area contributed by atoms with E-state index in [1.54, 1.807) is 0 Å². The van der Waals surface area contributed by atoms with Gasteiger partial charge in [-0.25, -0.2) is 4.98 Å². The third kappa shape index (κ3) is 4.16. The zero-order valence-electron chi connectivity index (χ0n) is 22.9. The number of fused-ring (bicyclic) bond motifs is 3. The van der Waals surface area contributed by atoms with E-state index in [1.807, 2.05) is 42.6 Å². The molecule has 4 aromatic carbocycles. The molecule has 40 heavy (non-hydrogen) atoms. The van der Waals surface area contributed by atoms with E-state index in [2.05, 4.69) is 113 Å². The number of nitrogens with zero attached hydrogens (tertiary/aromatic N) is 4. The maximum absolute atomic E-state index is 6.44. The first kappa shape index (κ1) is 24.0. The van der Waals surface area contributed by atoms with Crippen molar-refractivity contribution in [3.8, 4) is 17.3 Å². The molecule has 1 aliphatic rings. The number of anilines is 2. The van der Waals surface area contributed by atoms with Gasteiger partial charge in [-0.3, -0.25) is 4.57 Å². The minimum absolute atomic E-state index is 0.754. The zero-order valence-corrected chi connectivity index (χ0v) is 22.9. The Balaban J connectivity index is 1.19. The molecule has 3 heterocycles. The fourth-order valence-electron chi connectivity index (χ4n) is 5.97. The van der Waals surface area contributed by atoms with Crippen molar-refractivity contribution in [1.29, 1.82) is 0 Å². The maximum Gasteiger partial charge on any atom is 0.137 e. The second-order valence-electron chi connectivity index (χ2n) is 10.4. The van der Waals surface area contributed by atoms with Crippen LogP contribution in [0.15, 0.2) is 116 Å². The first-order chi connectivity index (χ1) is 19.5. The summed E-state index contributed by atoms with van der Waals surface area (Å²) in [5, 5.41) is 2.37. The number of para-hydroxylation sites is 1. The van der Waals surface area contributed by atoms with Crippen molar-refractivity contribution in [2.75, 3.05) is 16.5 Å². The Morgan fingerprint density at radius 3 is 2.23 bits per heavy atom. The fourth-order valence-corrected chi connectivity index (χ4v) is 5.97. The van der Waals surface area contributed by atoms with Crippen molar-refractivity contribution >= 4 is 33.2 Å². The number of benzene rings is 4. The van der Waals surface area contributed by atoms with Crippen LogP contribution in [0, 0.1) is 20.8 Å². The van der Waals surface area contributed by atoms with Crippen molar-refractivity contribution in [3.63, 3.8) is 0 Å². The lowest BCUT2D eigenvalue weighted by atomic mass is 10.0. The zero-order chi connectivity index (χ0) is 27.2. The SMILES string of the molecule is Cc1cc(C)c(N2C=CN(c3cccc(Oc4ccc5c6ccccc6n(-c6ccccn6)c5c4)c3)C2)c(C)c1. The second-order valence-corrected chi connectivity index (χ2v) is 10.4. The van der Waals surface area contributed by atoms with E-state index in [0.29, 0.717) is 0 Å². The summed E-state index contributed by atoms with van der Waals surface area (Å²) < 4.78 is 8.64. The van der Waals surface area contributed by atoms with Crippen LogP contribution in [0.25, 0.3) is 27.6 Å². The lowest BCUT2D eigenvalue weighted by Gasteiger charge is -2.25. The molecule has 6 aromatic rings. The molecule has 0 atom stereocenters. The molecule has 0 bridgehead atoms. The van der Waals surface area contributed by atoms with Gasteiger partial charge in [0.15, 0.2) is 0 Å². The smallest absolute Gasteiger partial charge is 0.137 e. The highest BCUT2D eigenvalue weighted by molar-refractivity contribution is 6.09. The van der Waals surface area contributed by atoms with E-state index in [4.69, 9.17) is 4.74 Å². The summed E-state index contributed by atoms with van der Waals surface area (Å²) in [6.07, 6.45) is 6.12. The highest BCUT2D eigenvalue weighted by Gasteiger charge is 2.19. The van der Waals surface area contributed by atoms with Gasteiger partial charge >= 0.3 is 0 Å². The van der Waals surface area contributed by atoms with E-state index in [9.17, 15) is 0 Å². The molecule has 2 aromatic heterocycles. The van der Waals surface area contributed by atoms with E-state index in [1.165, 1.54) is 33.2 Å². The number of aryl methyl sites for hydroxylation is 3. The largest absolute Gasteiger partial charge is 0.457 e. The first-order valence-electron chi connectivity index (χ1n) is 13.6. The maximum atomic E-state index is 6.44. The summed E-state index contributed by atoms with van der Waals surface area (Å²) in [6, 6.07) is 33.5. The second kappa shape index (κ2) is 9.62. The Labute approximate surface area is 234 Å². The molecule has 1 aliphatic heterocycles. The Kier molecular flexibility index (Phi) is 5.78. The van der Waals surface area contributed by atoms with Gasteiger partial charge in [-0.05, 0) is 74.4 Å². The number of hydrogen-bond donors (Lipinski definition) is 0. The fraction of sp³-hybridized carbons (Fsp3) is 0.114. The predicted octanol–water partition coefficient (Wildman–Crippen LogP) is 8.65. The van der Waals surface area contributed by atoms with Crippen LogP contribution in [0.2, 0.25) is 0 Å². The summed E-state index contributed by atoms with van der Waals surface area (Å²) in [5.74, 6) is 2.47. The topological polar surface area (TPSA) is 33.5 Å². The predicted molar refractivity (Wildman–Crippen MR) is 165 cm³/mol. The van der Waals surface area contributed by atoms with Crippen LogP contribution in [0.1, 0.15) is 16.7 Å². The average molecular weight is 523 g/mol. The molecule has 0 amide bonds. The normalized spacial score (nSPS) is 13.1. The standard InChI is InChI=1S/C35H30N4O/c1-24-19-25(2)35(26(3)20-24)38-18-17-37(23-38)27-9-8-10-28(21-27)40-29-14-15-31-30-11-4-5-12-32(30)39(33(31)22-29)34-13-6-7-16-36-34/h4-22H,23H2,1-3H3. The Bertz CT molecular complexity index is 1880. The molecule has 0 aliphatic carbocycles. The number of hydrogen-bond acceptors (Lipinski definition) is 4. The summed E-state index contributed by atoms with van der Waals surface area (Å²) >= 11 is 0. The number of pyridine rings is 1. The number of rotatable bonds is 5. The summed E-state index contributed by atoms with van der Waals surface area (Å²) in [6.45, 7) is 7.27. The molecule has 0 N–H and O–H groups in total. The molecule has 0 spiro atoms. The van der Waals surface area contributed by atoms with Gasteiger partial charge in [-0.2, -0.15) is 0 Å². The Morgan fingerprint density at radius 2 is 1.40 bits per heavy atom. The molecule has 0 saturated heterocycles. The van der Waals surface area contributed by atoms with Crippen molar-refractivity contribution in [3.05, 3.63) is 132 Å². The highest BCUT2D eigenvalue weighted by Crippen LogP contribution is 2.36. The van der Waals surface area contributed by atoms with E-state index in [-0.39, 0.29) is 0 Å². The third-order valence-corrected chi connectivity index (χ3v) is 7.56. The minimum atomic E-state index is 0.754. The number of ether oxygens (including phenoxy) is 1. The summed E-state index contributed by atoms with van der Waals surface area (Å²) in [5.41, 5.74) is 8.42. The van der Waals surface area contributed by atoms with Gasteiger partial charge in [-0.15, -0.1) is 0 Å². The van der Waals surface area contributed by atoms with Gasteiger partial charge in [0, 0.05) is 52.9 Å². The summed E-state index contributed by atoms with van der Waals surface area (Å²) in [4.78, 5) is 9.19. The molecule has 0 fully saturated rings. The number of aromatic nitrogens is 2. The van der Waals surface area contributed by atoms with Gasteiger partial charge in [0.2, 0.25) is 0 Å². The first-order valence-corrected chi connectivity index (χ1v) is 13.6. The van der Waals surface area contributed by atoms with Gasteiger partial charge in [0.25, 0.3) is 0 Å². The quantitative estimate of drug-likeness (QED) is 0.227. The van der Waals surface area contributed by atoms with Gasteiger partial charge in [0.1, 0.15) is 17.3 Å². The van der Waals surface area contributed by atoms with Crippen LogP contribution in [0.4, 0.5) is 11.4 Å². The van der Waals surface area contributed by atoms with Crippen molar-refractivity contribution < 1.29 is 4.74 Å². The molecule has 0 unspecified atom stereocenters. The van der Waals surface area contributed by atoms with Gasteiger partial charge in [-0.1, -0.05) is 48.0 Å². The van der Waals surface area contributed by atoms with Crippen LogP contribution in [-0.2, 0) is 0 Å². The van der Waals surface area contributed by atoms with Crippen molar-refractivity contribution in [1.82, 2.24) is 9.55 Å². The summed E-state index contributed by atoms with van der Waals surface area (Å²) in [7, 11) is 0. The van der Waals surface area contributed by atoms with Crippen molar-refractivity contribution in [2.45, 2.75) is 20.8 Å².